The van der Waals surface area contributed by atoms with Crippen molar-refractivity contribution in [2.75, 3.05) is 84.0 Å². The Morgan fingerprint density at radius 2 is 1.38 bits per heavy atom. The zero-order valence-corrected chi connectivity index (χ0v) is 86.4. The van der Waals surface area contributed by atoms with Crippen molar-refractivity contribution in [1.82, 2.24) is 71.4 Å². The van der Waals surface area contributed by atoms with E-state index in [1.54, 1.807) is 103 Å². The number of aliphatic carboxylic acids is 1. The highest BCUT2D eigenvalue weighted by Gasteiger charge is 2.52. The number of rotatable bonds is 60. The molecule has 0 saturated carbocycles. The summed E-state index contributed by atoms with van der Waals surface area (Å²) in [5.74, 6) is -10.9. The summed E-state index contributed by atoms with van der Waals surface area (Å²) < 4.78 is 80.8. The Bertz CT molecular complexity index is 5160. The number of amides is 13. The average Bonchev–Trinajstić information content (AvgIpc) is 1.62. The number of methoxy groups -OCH3 is 2. The number of carbonyl (C=O) groups is 14. The van der Waals surface area contributed by atoms with Gasteiger partial charge in [0.25, 0.3) is 0 Å². The van der Waals surface area contributed by atoms with Crippen LogP contribution in [0.25, 0.3) is 11.2 Å². The van der Waals surface area contributed by atoms with E-state index in [4.69, 9.17) is 39.5 Å². The number of nitrogen functional groups attached to an aromatic ring is 1. The Balaban J connectivity index is 0.807. The van der Waals surface area contributed by atoms with Crippen LogP contribution in [-0.4, -0.2) is 303 Å². The molecule has 2 aromatic carbocycles. The van der Waals surface area contributed by atoms with E-state index < -0.39 is 233 Å². The number of likely N-dealkylation sites (N-methyl/N-ethyl adjacent to an activating group) is 1. The van der Waals surface area contributed by atoms with Gasteiger partial charge in [-0.1, -0.05) is 138 Å². The predicted molar refractivity (Wildman–Crippen MR) is 517 cm³/mol. The van der Waals surface area contributed by atoms with Crippen LogP contribution in [0.5, 0.6) is 0 Å². The van der Waals surface area contributed by atoms with Crippen molar-refractivity contribution < 1.29 is 153 Å². The first-order valence-corrected chi connectivity index (χ1v) is 52.8. The van der Waals surface area contributed by atoms with Crippen molar-refractivity contribution >= 4 is 141 Å². The number of imidazole rings is 1. The van der Waals surface area contributed by atoms with Gasteiger partial charge in [-0.05, 0) is 91.4 Å². The van der Waals surface area contributed by atoms with Gasteiger partial charge < -0.3 is 113 Å². The predicted octanol–water partition coefficient (Wildman–Crippen LogP) is 4.00. The van der Waals surface area contributed by atoms with Crippen molar-refractivity contribution in [3.05, 3.63) is 78.4 Å². The second kappa shape index (κ2) is 55.4. The number of nitrogens with zero attached hydrogens (tertiary/aromatic N) is 7. The number of phosphoric ester groups is 3. The van der Waals surface area contributed by atoms with E-state index in [0.717, 1.165) is 44.3 Å². The summed E-state index contributed by atoms with van der Waals surface area (Å²) in [6, 6.07) is 8.04. The molecule has 7 rings (SSSR count). The van der Waals surface area contributed by atoms with E-state index in [2.05, 4.69) is 66.3 Å². The number of nitrogens with one attached hydrogen (secondary N) is 8. The summed E-state index contributed by atoms with van der Waals surface area (Å²) in [5, 5.41) is 52.5. The van der Waals surface area contributed by atoms with Gasteiger partial charge in [0.1, 0.15) is 67.0 Å². The number of aromatic nitrogens is 4. The van der Waals surface area contributed by atoms with Crippen LogP contribution in [0.3, 0.4) is 0 Å². The number of likely N-dealkylation sites (tertiary alicyclic amines) is 2. The van der Waals surface area contributed by atoms with E-state index in [1.807, 2.05) is 13.8 Å². The SMILES string of the molecule is CC[C@@H](C)[C@H](C(C)C(=O)[C@@H](NC(=O)[C@H](C(C)C)N(C)C(=O)OCc1ccc(NC(=O)[C@H](CCCNC(N)=O)NC(=O)[C@@H](NC(=O)CCCCCN2C(=O)CC(SCCNC(=O)CCNC(=O)[C@H](O)C(C)(C)COP(=O)(O)OP(=O)(O)OC[C@@H]3O[C@H](n4cnc5c(N)ncnc54)[C@@H](O)[C@H]3OP(=O)(O)O)C2=O)C(C)C)cc1)C(C)C)[C@H](CC(=O)N1CCC[C@H]1[C@@H](OC)[C@H](C)C(=O)N[C@H](Cc1ccccc1)C(=O)O)OC. The molecule has 20 atom stereocenters. The fraction of sp³-hybridized carbons (Fsp3) is 0.656. The maximum atomic E-state index is 15.0. The molecular weight excluding hydrogens is 1960 g/mol. The van der Waals surface area contributed by atoms with Crippen LogP contribution in [0.2, 0.25) is 0 Å². The van der Waals surface area contributed by atoms with Crippen molar-refractivity contribution in [1.29, 1.82) is 0 Å². The number of phosphoric acid groups is 3. The minimum absolute atomic E-state index is 0.00324. The summed E-state index contributed by atoms with van der Waals surface area (Å²) in [6.07, 6.45) is -7.18. The van der Waals surface area contributed by atoms with E-state index in [9.17, 15) is 116 Å². The summed E-state index contributed by atoms with van der Waals surface area (Å²) in [4.78, 5) is 245. The number of aliphatic hydroxyl groups is 2. The molecule has 19 N–H and O–H groups in total. The van der Waals surface area contributed by atoms with Crippen LogP contribution in [0.15, 0.2) is 67.3 Å². The summed E-state index contributed by atoms with van der Waals surface area (Å²) >= 11 is 1.13. The Morgan fingerprint density at radius 1 is 0.713 bits per heavy atom. The Morgan fingerprint density at radius 3 is 2.00 bits per heavy atom. The quantitative estimate of drug-likeness (QED) is 0.0169. The molecule has 13 amide bonds. The van der Waals surface area contributed by atoms with Crippen LogP contribution >= 0.6 is 35.2 Å². The van der Waals surface area contributed by atoms with Gasteiger partial charge in [0.05, 0.1) is 61.4 Å². The van der Waals surface area contributed by atoms with Crippen LogP contribution in [0.1, 0.15) is 177 Å². The van der Waals surface area contributed by atoms with Gasteiger partial charge in [-0.25, -0.2) is 43.0 Å². The number of anilines is 2. The summed E-state index contributed by atoms with van der Waals surface area (Å²) in [6.45, 7) is 17.9. The van der Waals surface area contributed by atoms with Crippen LogP contribution < -0.4 is 54.0 Å². The number of primary amides is 1. The maximum absolute atomic E-state index is 15.0. The second-order valence-electron chi connectivity index (χ2n) is 37.4. The fourth-order valence-electron chi connectivity index (χ4n) is 17.1. The molecule has 0 spiro atoms. The number of carboxylic acids is 1. The fourth-order valence-corrected chi connectivity index (χ4v) is 21.0. The average molecular weight is 2100 g/mol. The number of hydrogen-bond acceptors (Lipinski definition) is 32. The minimum atomic E-state index is -5.68. The first kappa shape index (κ1) is 120. The zero-order chi connectivity index (χ0) is 106. The maximum Gasteiger partial charge on any atom is 0.481 e. The van der Waals surface area contributed by atoms with Gasteiger partial charge >= 0.3 is 41.6 Å². The Labute approximate surface area is 833 Å². The lowest BCUT2D eigenvalue weighted by atomic mass is 9.73. The van der Waals surface area contributed by atoms with Crippen LogP contribution in [-0.2, 0) is 121 Å². The number of fused-ring (bicyclic) bond motifs is 1. The first-order valence-electron chi connectivity index (χ1n) is 47.2. The van der Waals surface area contributed by atoms with Gasteiger partial charge in [-0.15, -0.1) is 11.8 Å². The number of ketones is 1. The number of Topliss-reactive ketones (excluding diaryl/α,β-unsaturated/α-hetero) is 1. The molecule has 0 aliphatic carbocycles. The monoisotopic (exact) mass is 2100 g/mol. The topological polar surface area (TPSA) is 707 Å². The summed E-state index contributed by atoms with van der Waals surface area (Å²) in [5.41, 5.74) is 10.9. The van der Waals surface area contributed by atoms with Crippen molar-refractivity contribution in [2.24, 2.45) is 52.6 Å². The number of carbonyl (C=O) groups excluding carboxylic acids is 13. The number of nitrogens with two attached hydrogens (primary N) is 2. The van der Waals surface area contributed by atoms with Gasteiger partial charge in [0.15, 0.2) is 23.5 Å². The molecule has 3 fully saturated rings. The number of thioether (sulfide) groups is 1. The highest BCUT2D eigenvalue weighted by Crippen LogP contribution is 2.61. The van der Waals surface area contributed by atoms with Crippen molar-refractivity contribution in [3.63, 3.8) is 0 Å². The molecule has 4 unspecified atom stereocenters. The smallest absolute Gasteiger partial charge is 0.480 e. The number of unbranched alkanes of at least 4 members (excludes halogenated alkanes) is 2. The van der Waals surface area contributed by atoms with Crippen molar-refractivity contribution in [3.8, 4) is 0 Å². The van der Waals surface area contributed by atoms with E-state index >= 15 is 0 Å². The summed E-state index contributed by atoms with van der Waals surface area (Å²) in [7, 11) is -12.4. The van der Waals surface area contributed by atoms with Crippen molar-refractivity contribution in [2.45, 2.75) is 258 Å². The highest BCUT2D eigenvalue weighted by molar-refractivity contribution is 8.00. The molecule has 3 aliphatic heterocycles. The van der Waals surface area contributed by atoms with Gasteiger partial charge in [-0.3, -0.25) is 80.7 Å². The molecule has 4 aromatic rings. The molecule has 2 aromatic heterocycles. The van der Waals surface area contributed by atoms with Crippen LogP contribution in [0, 0.1) is 46.8 Å². The molecular formula is C90H140N17O32P3S. The minimum Gasteiger partial charge on any atom is -0.480 e. The first-order chi connectivity index (χ1) is 67.1. The standard InChI is InChI=1S/C90H140N17O32P3S/c1-16-52(8)68(61(132-14)42-66(110)105-39-24-28-60(105)75(133-15)54(10)80(115)101-59(87(121)122)41-55-25-19-17-20-26-55)53(9)73(112)69(49(2)3)103-83(118)72(51(6)7)104(13)89(124)134-44-56-30-32-57(33-31-56)99-81(116)58(27-23-35-95-88(92)123)100-82(117)70(50(4)5)102-65(109)29-21-18-22-38-106-67(111)43-63(85(106)120)143-40-37-93-64(108)34-36-94-84(119)77(114)90(11,12)46-136-142(130,131)139-141(128,129)135-45-62-76(138-140(125,126)127)74(113)86(137-62)107-48-98-71-78(91)96-47-97-79(71)107/h17,19-20,25-26,30-33,47-54,58-63,68-70,72,74-77,86,113-114H,16,18,21-24,27-29,34-46H2,1-15H3,(H,93,108)(H,94,119)(H,99,116)(H,100,117)(H,101,115)(H,102,109)(H,103,118)(H,121,122)(H,128,129)(H,130,131)(H2,91,96,97)(H3,92,95,123)(H2,125,126,127)/t52-,53?,54+,58+,59-,60+,61+,62+,63?,68-,69+,70+,72+,74+,75+,76+,77+,86+/m1/s1. The number of carboxylic acid groups (broad SMARTS) is 1. The lowest BCUT2D eigenvalue weighted by Gasteiger charge is -2.39. The zero-order valence-electron chi connectivity index (χ0n) is 82.9. The van der Waals surface area contributed by atoms with E-state index in [1.165, 1.54) is 47.2 Å². The van der Waals surface area contributed by atoms with Gasteiger partial charge in [0, 0.05) is 102 Å². The largest absolute Gasteiger partial charge is 0.481 e. The number of aliphatic hydroxyl groups excluding tert-OH is 2. The third kappa shape index (κ3) is 35.6. The Kier molecular flexibility index (Phi) is 46.5. The molecule has 143 heavy (non-hydrogen) atoms. The lowest BCUT2D eigenvalue weighted by Crippen LogP contribution is -2.57. The van der Waals surface area contributed by atoms with Crippen LogP contribution in [0.4, 0.5) is 21.1 Å². The molecule has 798 valence electrons. The number of ether oxygens (including phenoxy) is 4. The van der Waals surface area contributed by atoms with E-state index in [-0.39, 0.29) is 124 Å². The van der Waals surface area contributed by atoms with Gasteiger partial charge in [0.2, 0.25) is 59.1 Å². The Hall–Kier alpha value is -10.1. The lowest BCUT2D eigenvalue weighted by molar-refractivity contribution is -0.146. The van der Waals surface area contributed by atoms with E-state index in [0.29, 0.717) is 50.6 Å². The molecule has 0 bridgehead atoms. The molecule has 0 radical (unpaired) electrons. The normalized spacial score (nSPS) is 20.1. The highest BCUT2D eigenvalue weighted by atomic mass is 32.2. The molecule has 53 heteroatoms. The van der Waals surface area contributed by atoms with Gasteiger partial charge in [-0.2, -0.15) is 4.31 Å². The number of urea groups is 1. The number of benzene rings is 2. The third-order valence-corrected chi connectivity index (χ3v) is 29.5. The molecule has 3 saturated heterocycles. The second-order valence-corrected chi connectivity index (χ2v) is 42.9. The third-order valence-electron chi connectivity index (χ3n) is 25.1. The molecule has 5 heterocycles. The number of hydrogen-bond donors (Lipinski definition) is 17. The molecule has 49 nitrogen and oxygen atoms in total. The molecule has 3 aliphatic rings. The number of imide groups is 1.